The van der Waals surface area contributed by atoms with Gasteiger partial charge in [-0.3, -0.25) is 0 Å². The molecule has 1 unspecified atom stereocenters. The smallest absolute Gasteiger partial charge is 0.00622 e. The van der Waals surface area contributed by atoms with Crippen molar-refractivity contribution >= 4 is 15.9 Å². The molecule has 0 aromatic carbocycles. The van der Waals surface area contributed by atoms with E-state index < -0.39 is 0 Å². The zero-order valence-corrected chi connectivity index (χ0v) is 7.65. The molecular weight excluding hydrogens is 176 g/mol. The van der Waals surface area contributed by atoms with E-state index in [1.54, 1.807) is 0 Å². The molecule has 0 radical (unpaired) electrons. The molecule has 0 N–H and O–H groups in total. The monoisotopic (exact) mass is 190 g/mol. The van der Waals surface area contributed by atoms with Gasteiger partial charge in [0.1, 0.15) is 0 Å². The van der Waals surface area contributed by atoms with Gasteiger partial charge in [0.05, 0.1) is 0 Å². The lowest BCUT2D eigenvalue weighted by atomic mass is 9.76. The standard InChI is InChI=1S/C8H15Br/c1-2-7(6-9)8-4-3-5-8/h7-8H,2-6H2,1H3. The summed E-state index contributed by atoms with van der Waals surface area (Å²) in [6.07, 6.45) is 5.82. The van der Waals surface area contributed by atoms with Gasteiger partial charge in [0, 0.05) is 5.33 Å². The highest BCUT2D eigenvalue weighted by Gasteiger charge is 2.24. The van der Waals surface area contributed by atoms with Crippen LogP contribution in [0.5, 0.6) is 0 Å². The van der Waals surface area contributed by atoms with Crippen LogP contribution in [0.3, 0.4) is 0 Å². The zero-order valence-electron chi connectivity index (χ0n) is 6.07. The molecule has 0 amide bonds. The number of hydrogen-bond acceptors (Lipinski definition) is 0. The van der Waals surface area contributed by atoms with Crippen molar-refractivity contribution in [2.45, 2.75) is 32.6 Å². The molecule has 0 heterocycles. The van der Waals surface area contributed by atoms with E-state index in [4.69, 9.17) is 0 Å². The van der Waals surface area contributed by atoms with Gasteiger partial charge in [-0.15, -0.1) is 0 Å². The predicted octanol–water partition coefficient (Wildman–Crippen LogP) is 3.21. The molecular formula is C8H15Br. The third-order valence-corrected chi connectivity index (χ3v) is 3.37. The van der Waals surface area contributed by atoms with Crippen LogP contribution in [0.4, 0.5) is 0 Å². The van der Waals surface area contributed by atoms with Crippen LogP contribution in [-0.4, -0.2) is 5.33 Å². The Labute approximate surface area is 66.2 Å². The summed E-state index contributed by atoms with van der Waals surface area (Å²) >= 11 is 3.55. The van der Waals surface area contributed by atoms with E-state index in [1.807, 2.05) is 0 Å². The highest BCUT2D eigenvalue weighted by atomic mass is 79.9. The van der Waals surface area contributed by atoms with E-state index in [1.165, 1.54) is 31.0 Å². The van der Waals surface area contributed by atoms with E-state index in [9.17, 15) is 0 Å². The number of halogens is 1. The van der Waals surface area contributed by atoms with Crippen LogP contribution < -0.4 is 0 Å². The Hall–Kier alpha value is 0.480. The highest BCUT2D eigenvalue weighted by Crippen LogP contribution is 2.35. The molecule has 1 fully saturated rings. The second kappa shape index (κ2) is 3.60. The average Bonchev–Trinajstić information content (AvgIpc) is 1.78. The summed E-state index contributed by atoms with van der Waals surface area (Å²) in [5, 5.41) is 1.22. The Morgan fingerprint density at radius 2 is 2.22 bits per heavy atom. The van der Waals surface area contributed by atoms with Gasteiger partial charge in [-0.25, -0.2) is 0 Å². The first kappa shape index (κ1) is 7.59. The van der Waals surface area contributed by atoms with Crippen molar-refractivity contribution in [1.29, 1.82) is 0 Å². The van der Waals surface area contributed by atoms with E-state index in [-0.39, 0.29) is 0 Å². The van der Waals surface area contributed by atoms with Gasteiger partial charge in [-0.2, -0.15) is 0 Å². The first-order valence-corrected chi connectivity index (χ1v) is 5.06. The minimum atomic E-state index is 0.971. The fourth-order valence-corrected chi connectivity index (χ4v) is 2.47. The maximum atomic E-state index is 3.55. The lowest BCUT2D eigenvalue weighted by Crippen LogP contribution is -2.22. The first-order chi connectivity index (χ1) is 4.38. The molecule has 1 aliphatic carbocycles. The largest absolute Gasteiger partial charge is 0.0925 e. The Balaban J connectivity index is 2.19. The van der Waals surface area contributed by atoms with Crippen molar-refractivity contribution in [1.82, 2.24) is 0 Å². The van der Waals surface area contributed by atoms with Crippen molar-refractivity contribution < 1.29 is 0 Å². The summed E-state index contributed by atoms with van der Waals surface area (Å²) in [7, 11) is 0. The molecule has 1 heteroatoms. The first-order valence-electron chi connectivity index (χ1n) is 3.94. The second-order valence-corrected chi connectivity index (χ2v) is 3.66. The Bertz CT molecular complexity index is 72.6. The van der Waals surface area contributed by atoms with E-state index in [0.717, 1.165) is 11.8 Å². The molecule has 0 nitrogen and oxygen atoms in total. The molecule has 1 atom stereocenters. The van der Waals surface area contributed by atoms with Crippen LogP contribution in [0, 0.1) is 11.8 Å². The highest BCUT2D eigenvalue weighted by molar-refractivity contribution is 9.09. The van der Waals surface area contributed by atoms with Gasteiger partial charge in [0.25, 0.3) is 0 Å². The van der Waals surface area contributed by atoms with Gasteiger partial charge >= 0.3 is 0 Å². The molecule has 0 aromatic rings. The van der Waals surface area contributed by atoms with Crippen LogP contribution in [0.2, 0.25) is 0 Å². The van der Waals surface area contributed by atoms with Crippen LogP contribution >= 0.6 is 15.9 Å². The predicted molar refractivity (Wildman–Crippen MR) is 44.9 cm³/mol. The number of hydrogen-bond donors (Lipinski definition) is 0. The summed E-state index contributed by atoms with van der Waals surface area (Å²) in [4.78, 5) is 0. The minimum absolute atomic E-state index is 0.971. The maximum absolute atomic E-state index is 3.55. The normalized spacial score (nSPS) is 23.3. The molecule has 1 saturated carbocycles. The SMILES string of the molecule is CCC(CBr)C1CCC1. The van der Waals surface area contributed by atoms with Crippen molar-refractivity contribution in [2.24, 2.45) is 11.8 Å². The van der Waals surface area contributed by atoms with Crippen LogP contribution in [0.1, 0.15) is 32.6 Å². The quantitative estimate of drug-likeness (QED) is 0.601. The summed E-state index contributed by atoms with van der Waals surface area (Å²) in [5.41, 5.74) is 0. The fraction of sp³-hybridized carbons (Fsp3) is 1.00. The summed E-state index contributed by atoms with van der Waals surface area (Å²) in [5.74, 6) is 2.04. The third-order valence-electron chi connectivity index (χ3n) is 2.54. The van der Waals surface area contributed by atoms with Gasteiger partial charge in [0.15, 0.2) is 0 Å². The lowest BCUT2D eigenvalue weighted by Gasteiger charge is -2.31. The topological polar surface area (TPSA) is 0 Å². The maximum Gasteiger partial charge on any atom is 0.00622 e. The van der Waals surface area contributed by atoms with Crippen LogP contribution in [0.25, 0.3) is 0 Å². The minimum Gasteiger partial charge on any atom is -0.0925 e. The summed E-state index contributed by atoms with van der Waals surface area (Å²) < 4.78 is 0. The van der Waals surface area contributed by atoms with E-state index in [2.05, 4.69) is 22.9 Å². The Morgan fingerprint density at radius 1 is 1.56 bits per heavy atom. The summed E-state index contributed by atoms with van der Waals surface area (Å²) in [6.45, 7) is 2.30. The molecule has 1 rings (SSSR count). The number of rotatable bonds is 3. The van der Waals surface area contributed by atoms with Crippen molar-refractivity contribution in [3.8, 4) is 0 Å². The van der Waals surface area contributed by atoms with Gasteiger partial charge < -0.3 is 0 Å². The van der Waals surface area contributed by atoms with E-state index in [0.29, 0.717) is 0 Å². The van der Waals surface area contributed by atoms with Crippen molar-refractivity contribution in [3.05, 3.63) is 0 Å². The van der Waals surface area contributed by atoms with Gasteiger partial charge in [0.2, 0.25) is 0 Å². The molecule has 1 aliphatic rings. The van der Waals surface area contributed by atoms with Crippen LogP contribution in [-0.2, 0) is 0 Å². The second-order valence-electron chi connectivity index (χ2n) is 3.01. The molecule has 0 saturated heterocycles. The van der Waals surface area contributed by atoms with Crippen molar-refractivity contribution in [2.75, 3.05) is 5.33 Å². The summed E-state index contributed by atoms with van der Waals surface area (Å²) in [6, 6.07) is 0. The number of alkyl halides is 1. The Kier molecular flexibility index (Phi) is 3.03. The Morgan fingerprint density at radius 3 is 2.33 bits per heavy atom. The third kappa shape index (κ3) is 1.70. The fourth-order valence-electron chi connectivity index (χ4n) is 1.48. The molecule has 0 spiro atoms. The van der Waals surface area contributed by atoms with E-state index >= 15 is 0 Å². The van der Waals surface area contributed by atoms with Gasteiger partial charge in [-0.05, 0) is 11.8 Å². The van der Waals surface area contributed by atoms with Crippen molar-refractivity contribution in [3.63, 3.8) is 0 Å². The molecule has 0 aliphatic heterocycles. The lowest BCUT2D eigenvalue weighted by molar-refractivity contribution is 0.220. The molecule has 0 bridgehead atoms. The van der Waals surface area contributed by atoms with Gasteiger partial charge in [-0.1, -0.05) is 48.5 Å². The molecule has 0 aromatic heterocycles. The van der Waals surface area contributed by atoms with Crippen LogP contribution in [0.15, 0.2) is 0 Å². The zero-order chi connectivity index (χ0) is 6.69. The average molecular weight is 191 g/mol. The molecule has 54 valence electrons. The molecule has 9 heavy (non-hydrogen) atoms.